The number of aromatic nitrogens is 1. The Kier molecular flexibility index (Phi) is 9.52. The highest BCUT2D eigenvalue weighted by atomic mass is 127. The van der Waals surface area contributed by atoms with Crippen LogP contribution < -0.4 is 15.4 Å². The molecule has 1 heterocycles. The van der Waals surface area contributed by atoms with Crippen LogP contribution in [0.5, 0.6) is 0 Å². The highest BCUT2D eigenvalue weighted by Crippen LogP contribution is 2.07. The third-order valence-corrected chi connectivity index (χ3v) is 4.87. The van der Waals surface area contributed by atoms with E-state index < -0.39 is 10.0 Å². The van der Waals surface area contributed by atoms with Crippen LogP contribution in [0.1, 0.15) is 16.8 Å². The molecular weight excluding hydrogens is 465 g/mol. The van der Waals surface area contributed by atoms with E-state index in [1.807, 2.05) is 42.5 Å². The summed E-state index contributed by atoms with van der Waals surface area (Å²) in [7, 11) is -0.128. The number of rotatable bonds is 7. The van der Waals surface area contributed by atoms with E-state index in [0.717, 1.165) is 16.8 Å². The maximum Gasteiger partial charge on any atom is 0.215 e. The van der Waals surface area contributed by atoms with Crippen molar-refractivity contribution in [2.24, 2.45) is 4.99 Å². The van der Waals surface area contributed by atoms with Crippen LogP contribution in [0, 0.1) is 0 Å². The van der Waals surface area contributed by atoms with Gasteiger partial charge in [-0.3, -0.25) is 9.98 Å². The molecule has 9 heteroatoms. The number of nitrogens with one attached hydrogen (secondary N) is 3. The predicted octanol–water partition coefficient (Wildman–Crippen LogP) is 1.61. The highest BCUT2D eigenvalue weighted by molar-refractivity contribution is 14.0. The molecule has 3 N–H and O–H groups in total. The number of aliphatic imine (C=N–C) groups is 1. The van der Waals surface area contributed by atoms with Gasteiger partial charge in [0.05, 0.1) is 18.0 Å². The van der Waals surface area contributed by atoms with Crippen LogP contribution in [0.4, 0.5) is 0 Å². The van der Waals surface area contributed by atoms with Gasteiger partial charge in [0.1, 0.15) is 0 Å². The Balaban J connectivity index is 0.00000338. The van der Waals surface area contributed by atoms with Crippen molar-refractivity contribution in [2.75, 3.05) is 14.1 Å². The number of hydrogen-bond donors (Lipinski definition) is 3. The molecule has 0 aliphatic rings. The topological polar surface area (TPSA) is 95.5 Å². The van der Waals surface area contributed by atoms with Crippen LogP contribution in [0.2, 0.25) is 0 Å². The van der Waals surface area contributed by atoms with Crippen molar-refractivity contribution in [3.63, 3.8) is 0 Å². The molecule has 0 aliphatic carbocycles. The molecule has 2 rings (SSSR count). The van der Waals surface area contributed by atoms with Gasteiger partial charge in [0, 0.05) is 19.8 Å². The van der Waals surface area contributed by atoms with Gasteiger partial charge in [-0.2, -0.15) is 0 Å². The molecule has 0 radical (unpaired) electrons. The molecule has 0 atom stereocenters. The largest absolute Gasteiger partial charge is 0.352 e. The standard InChI is InChI=1S/C17H23N5O2S.HI/c1-18-17(22-12-16-5-3-4-10-20-16)21-11-14-6-8-15(9-7-14)13-25(23,24)19-2;/h3-10,19H,11-13H2,1-2H3,(H2,18,21,22);1H. The molecule has 1 aromatic heterocycles. The lowest BCUT2D eigenvalue weighted by Crippen LogP contribution is -2.36. The predicted molar refractivity (Wildman–Crippen MR) is 115 cm³/mol. The summed E-state index contributed by atoms with van der Waals surface area (Å²) in [5.74, 6) is 0.650. The van der Waals surface area contributed by atoms with Crippen LogP contribution in [0.15, 0.2) is 53.7 Å². The van der Waals surface area contributed by atoms with E-state index in [9.17, 15) is 8.42 Å². The second-order valence-corrected chi connectivity index (χ2v) is 7.31. The summed E-state index contributed by atoms with van der Waals surface area (Å²) in [4.78, 5) is 8.42. The number of guanidine groups is 1. The van der Waals surface area contributed by atoms with Gasteiger partial charge in [-0.15, -0.1) is 24.0 Å². The minimum atomic E-state index is -3.25. The fourth-order valence-corrected chi connectivity index (χ4v) is 2.90. The van der Waals surface area contributed by atoms with Gasteiger partial charge in [-0.25, -0.2) is 13.1 Å². The summed E-state index contributed by atoms with van der Waals surface area (Å²) in [5.41, 5.74) is 2.71. The fraction of sp³-hybridized carbons (Fsp3) is 0.294. The quantitative estimate of drug-likeness (QED) is 0.312. The third-order valence-electron chi connectivity index (χ3n) is 3.54. The zero-order valence-corrected chi connectivity index (χ0v) is 17.9. The molecule has 142 valence electrons. The summed E-state index contributed by atoms with van der Waals surface area (Å²) in [6.45, 7) is 1.17. The average Bonchev–Trinajstić information content (AvgIpc) is 2.64. The summed E-state index contributed by atoms with van der Waals surface area (Å²) >= 11 is 0. The normalized spacial score (nSPS) is 11.5. The molecule has 0 fully saturated rings. The van der Waals surface area contributed by atoms with Gasteiger partial charge < -0.3 is 10.6 Å². The molecule has 0 aliphatic heterocycles. The second-order valence-electron chi connectivity index (χ2n) is 5.38. The van der Waals surface area contributed by atoms with E-state index in [4.69, 9.17) is 0 Å². The van der Waals surface area contributed by atoms with Crippen LogP contribution in [-0.2, 0) is 28.9 Å². The molecule has 0 amide bonds. The van der Waals surface area contributed by atoms with Gasteiger partial charge in [-0.1, -0.05) is 30.3 Å². The zero-order valence-electron chi connectivity index (χ0n) is 14.8. The molecule has 7 nitrogen and oxygen atoms in total. The van der Waals surface area contributed by atoms with E-state index in [-0.39, 0.29) is 29.7 Å². The minimum absolute atomic E-state index is 0. The molecular formula is C17H24IN5O2S. The van der Waals surface area contributed by atoms with Gasteiger partial charge >= 0.3 is 0 Å². The van der Waals surface area contributed by atoms with Crippen LogP contribution in [-0.4, -0.2) is 33.5 Å². The molecule has 0 unspecified atom stereocenters. The summed E-state index contributed by atoms with van der Waals surface area (Å²) in [6, 6.07) is 13.2. The van der Waals surface area contributed by atoms with E-state index in [2.05, 4.69) is 25.3 Å². The lowest BCUT2D eigenvalue weighted by molar-refractivity contribution is 0.587. The minimum Gasteiger partial charge on any atom is -0.352 e. The smallest absolute Gasteiger partial charge is 0.215 e. The lowest BCUT2D eigenvalue weighted by atomic mass is 10.1. The van der Waals surface area contributed by atoms with Crippen molar-refractivity contribution in [3.05, 3.63) is 65.5 Å². The monoisotopic (exact) mass is 489 g/mol. The maximum absolute atomic E-state index is 11.5. The SMILES string of the molecule is CN=C(NCc1ccc(CS(=O)(=O)NC)cc1)NCc1ccccn1.I. The first kappa shape index (κ1) is 22.3. The van der Waals surface area contributed by atoms with E-state index >= 15 is 0 Å². The second kappa shape index (κ2) is 11.1. The summed E-state index contributed by atoms with van der Waals surface area (Å²) in [6.07, 6.45) is 1.75. The number of benzene rings is 1. The zero-order chi connectivity index (χ0) is 18.1. The number of halogens is 1. The summed E-state index contributed by atoms with van der Waals surface area (Å²) < 4.78 is 25.4. The lowest BCUT2D eigenvalue weighted by Gasteiger charge is -2.12. The van der Waals surface area contributed by atoms with Crippen molar-refractivity contribution < 1.29 is 8.42 Å². The number of pyridine rings is 1. The number of sulfonamides is 1. The number of hydrogen-bond acceptors (Lipinski definition) is 4. The molecule has 0 saturated heterocycles. The van der Waals surface area contributed by atoms with Crippen molar-refractivity contribution in [3.8, 4) is 0 Å². The summed E-state index contributed by atoms with van der Waals surface area (Å²) in [5, 5.41) is 6.41. The Labute approximate surface area is 171 Å². The first-order valence-corrected chi connectivity index (χ1v) is 9.51. The molecule has 2 aromatic rings. The Hall–Kier alpha value is -1.72. The Morgan fingerprint density at radius 1 is 1.04 bits per heavy atom. The van der Waals surface area contributed by atoms with Crippen molar-refractivity contribution in [1.29, 1.82) is 0 Å². The molecule has 1 aromatic carbocycles. The molecule has 0 spiro atoms. The highest BCUT2D eigenvalue weighted by Gasteiger charge is 2.08. The number of nitrogens with zero attached hydrogens (tertiary/aromatic N) is 2. The van der Waals surface area contributed by atoms with E-state index in [0.29, 0.717) is 19.0 Å². The van der Waals surface area contributed by atoms with Gasteiger partial charge in [0.2, 0.25) is 10.0 Å². The third kappa shape index (κ3) is 7.67. The Morgan fingerprint density at radius 3 is 2.27 bits per heavy atom. The van der Waals surface area contributed by atoms with Crippen molar-refractivity contribution in [2.45, 2.75) is 18.8 Å². The van der Waals surface area contributed by atoms with Crippen LogP contribution in [0.25, 0.3) is 0 Å². The van der Waals surface area contributed by atoms with Crippen LogP contribution in [0.3, 0.4) is 0 Å². The van der Waals surface area contributed by atoms with E-state index in [1.165, 1.54) is 7.05 Å². The first-order chi connectivity index (χ1) is 12.0. The van der Waals surface area contributed by atoms with Gasteiger partial charge in [0.25, 0.3) is 0 Å². The van der Waals surface area contributed by atoms with Crippen LogP contribution >= 0.6 is 24.0 Å². The average molecular weight is 489 g/mol. The Bertz CT molecular complexity index is 796. The van der Waals surface area contributed by atoms with Gasteiger partial charge in [0.15, 0.2) is 5.96 Å². The molecule has 0 bridgehead atoms. The van der Waals surface area contributed by atoms with Gasteiger partial charge in [-0.05, 0) is 30.3 Å². The maximum atomic E-state index is 11.5. The fourth-order valence-electron chi connectivity index (χ4n) is 2.13. The molecule has 0 saturated carbocycles. The Morgan fingerprint density at radius 2 is 1.69 bits per heavy atom. The molecule has 26 heavy (non-hydrogen) atoms. The first-order valence-electron chi connectivity index (χ1n) is 7.86. The van der Waals surface area contributed by atoms with Crippen molar-refractivity contribution >= 4 is 40.0 Å². The van der Waals surface area contributed by atoms with Crippen molar-refractivity contribution in [1.82, 2.24) is 20.3 Å². The van der Waals surface area contributed by atoms with E-state index in [1.54, 1.807) is 13.2 Å².